The van der Waals surface area contributed by atoms with Crippen molar-refractivity contribution >= 4 is 28.6 Å². The van der Waals surface area contributed by atoms with Gasteiger partial charge in [-0.3, -0.25) is 4.79 Å². The van der Waals surface area contributed by atoms with Crippen molar-refractivity contribution in [1.29, 1.82) is 0 Å². The summed E-state index contributed by atoms with van der Waals surface area (Å²) in [5.74, 6) is -0.0801. The van der Waals surface area contributed by atoms with E-state index in [1.54, 1.807) is 24.3 Å². The molecule has 2 atom stereocenters. The number of piperidine rings is 1. The summed E-state index contributed by atoms with van der Waals surface area (Å²) in [6, 6.07) is 8.86. The zero-order valence-electron chi connectivity index (χ0n) is 21.5. The molecule has 2 fully saturated rings. The first-order valence-corrected chi connectivity index (χ1v) is 12.9. The smallest absolute Gasteiger partial charge is 0.255 e. The first-order valence-electron chi connectivity index (χ1n) is 12.9. The summed E-state index contributed by atoms with van der Waals surface area (Å²) in [7, 11) is 0. The predicted octanol–water partition coefficient (Wildman–Crippen LogP) is 4.84. The van der Waals surface area contributed by atoms with Crippen molar-refractivity contribution in [3.8, 4) is 11.3 Å². The molecule has 1 amide bonds. The number of benzene rings is 1. The summed E-state index contributed by atoms with van der Waals surface area (Å²) >= 11 is 0. The number of anilines is 2. The van der Waals surface area contributed by atoms with Gasteiger partial charge in [-0.15, -0.1) is 0 Å². The summed E-state index contributed by atoms with van der Waals surface area (Å²) in [4.78, 5) is 27.5. The first-order chi connectivity index (χ1) is 18.3. The zero-order valence-corrected chi connectivity index (χ0v) is 21.5. The number of aryl methyl sites for hydroxylation is 1. The zero-order chi connectivity index (χ0) is 26.6. The molecule has 2 aliphatic heterocycles. The number of carbonyl (C=O) groups is 1. The Hall–Kier alpha value is -3.92. The maximum atomic E-state index is 15.0. The van der Waals surface area contributed by atoms with Crippen LogP contribution in [0.1, 0.15) is 42.4 Å². The maximum Gasteiger partial charge on any atom is 0.255 e. The van der Waals surface area contributed by atoms with Crippen LogP contribution in [0.4, 0.5) is 20.5 Å². The molecule has 5 heterocycles. The van der Waals surface area contributed by atoms with Crippen molar-refractivity contribution in [1.82, 2.24) is 29.7 Å². The topological polar surface area (TPSA) is 88.0 Å². The second-order valence-corrected chi connectivity index (χ2v) is 10.4. The van der Waals surface area contributed by atoms with Crippen LogP contribution in [-0.2, 0) is 0 Å². The minimum Gasteiger partial charge on any atom is -0.342 e. The quantitative estimate of drug-likeness (QED) is 0.394. The van der Waals surface area contributed by atoms with Crippen LogP contribution < -0.4 is 10.6 Å². The molecule has 4 aromatic rings. The van der Waals surface area contributed by atoms with Gasteiger partial charge in [-0.1, -0.05) is 0 Å². The molecule has 0 bridgehead atoms. The second-order valence-electron chi connectivity index (χ2n) is 10.4. The predicted molar refractivity (Wildman–Crippen MR) is 141 cm³/mol. The molecular formula is C28H29F2N7O. The van der Waals surface area contributed by atoms with Crippen LogP contribution in [0, 0.1) is 24.5 Å². The van der Waals surface area contributed by atoms with E-state index in [0.29, 0.717) is 39.8 Å². The molecule has 10 heteroatoms. The van der Waals surface area contributed by atoms with Crippen molar-refractivity contribution < 1.29 is 13.6 Å². The number of halogens is 2. The largest absolute Gasteiger partial charge is 0.342 e. The lowest BCUT2D eigenvalue weighted by Crippen LogP contribution is -2.62. The van der Waals surface area contributed by atoms with Gasteiger partial charge in [0.1, 0.15) is 17.3 Å². The minimum atomic E-state index is -0.659. The Kier molecular flexibility index (Phi) is 6.06. The monoisotopic (exact) mass is 517 g/mol. The van der Waals surface area contributed by atoms with E-state index in [9.17, 15) is 9.18 Å². The molecule has 2 aliphatic rings. The average molecular weight is 518 g/mol. The molecule has 0 spiro atoms. The Bertz CT molecular complexity index is 1530. The van der Waals surface area contributed by atoms with E-state index in [1.165, 1.54) is 12.3 Å². The van der Waals surface area contributed by atoms with Gasteiger partial charge in [-0.2, -0.15) is 0 Å². The summed E-state index contributed by atoms with van der Waals surface area (Å²) in [6.45, 7) is 8.41. The molecule has 2 unspecified atom stereocenters. The minimum absolute atomic E-state index is 0.0156. The summed E-state index contributed by atoms with van der Waals surface area (Å²) < 4.78 is 31.8. The maximum absolute atomic E-state index is 15.0. The number of aromatic nitrogens is 4. The summed E-state index contributed by atoms with van der Waals surface area (Å²) in [5, 5.41) is 6.85. The van der Waals surface area contributed by atoms with E-state index < -0.39 is 11.6 Å². The Morgan fingerprint density at radius 3 is 2.66 bits per heavy atom. The molecule has 2 N–H and O–H groups in total. The van der Waals surface area contributed by atoms with Crippen molar-refractivity contribution in [2.75, 3.05) is 25.0 Å². The highest BCUT2D eigenvalue weighted by atomic mass is 19.1. The SMILES string of the molecule is Cc1cc2c(F)cc(-c3nc(Nc4ccc(C(=O)N5CCC6NCC6C5)cn4)ncc3F)cc2n1C(C)C. The van der Waals surface area contributed by atoms with Gasteiger partial charge in [0, 0.05) is 60.5 Å². The lowest BCUT2D eigenvalue weighted by molar-refractivity contribution is 0.0509. The molecular weight excluding hydrogens is 488 g/mol. The van der Waals surface area contributed by atoms with E-state index in [0.717, 1.165) is 37.9 Å². The van der Waals surface area contributed by atoms with Crippen LogP contribution in [-0.4, -0.2) is 56.0 Å². The van der Waals surface area contributed by atoms with Crippen LogP contribution in [0.5, 0.6) is 0 Å². The Balaban J connectivity index is 1.23. The van der Waals surface area contributed by atoms with E-state index in [4.69, 9.17) is 0 Å². The number of rotatable bonds is 5. The Morgan fingerprint density at radius 1 is 1.13 bits per heavy atom. The molecule has 2 saturated heterocycles. The standard InChI is InChI=1S/C28H29F2N7O/c1-15(2)37-16(3)8-20-21(29)9-18(10-24(20)37)26-22(30)13-33-28(35-26)34-25-5-4-17(11-32-25)27(38)36-7-6-23-19(14-36)12-31-23/h4-5,8-11,13,15,19,23,31H,6-7,12,14H2,1-3H3,(H,32,33,34,35). The van der Waals surface area contributed by atoms with Crippen LogP contribution in [0.25, 0.3) is 22.2 Å². The molecule has 0 radical (unpaired) electrons. The summed E-state index contributed by atoms with van der Waals surface area (Å²) in [6.07, 6.45) is 3.54. The molecule has 6 rings (SSSR count). The first kappa shape index (κ1) is 24.4. The van der Waals surface area contributed by atoms with Crippen LogP contribution in [0.15, 0.2) is 42.7 Å². The van der Waals surface area contributed by atoms with Gasteiger partial charge in [0.25, 0.3) is 5.91 Å². The highest BCUT2D eigenvalue weighted by Gasteiger charge is 2.37. The number of amides is 1. The number of hydrogen-bond acceptors (Lipinski definition) is 6. The van der Waals surface area contributed by atoms with Crippen LogP contribution in [0.2, 0.25) is 0 Å². The van der Waals surface area contributed by atoms with Crippen molar-refractivity contribution in [3.63, 3.8) is 0 Å². The average Bonchev–Trinajstić information content (AvgIpc) is 3.22. The third-order valence-electron chi connectivity index (χ3n) is 7.55. The molecule has 3 aromatic heterocycles. The fraction of sp³-hybridized carbons (Fsp3) is 0.357. The van der Waals surface area contributed by atoms with Gasteiger partial charge in [0.15, 0.2) is 5.82 Å². The highest BCUT2D eigenvalue weighted by Crippen LogP contribution is 2.32. The number of carbonyl (C=O) groups excluding carboxylic acids is 1. The Morgan fingerprint density at radius 2 is 1.97 bits per heavy atom. The van der Waals surface area contributed by atoms with Gasteiger partial charge >= 0.3 is 0 Å². The number of pyridine rings is 1. The lowest BCUT2D eigenvalue weighted by atomic mass is 9.85. The van der Waals surface area contributed by atoms with E-state index in [2.05, 4.69) is 25.6 Å². The fourth-order valence-electron chi connectivity index (χ4n) is 5.59. The number of nitrogens with one attached hydrogen (secondary N) is 2. The molecule has 0 saturated carbocycles. The normalized spacial score (nSPS) is 18.9. The molecule has 8 nitrogen and oxygen atoms in total. The van der Waals surface area contributed by atoms with E-state index in [-0.39, 0.29) is 23.6 Å². The number of fused-ring (bicyclic) bond motifs is 2. The van der Waals surface area contributed by atoms with Gasteiger partial charge in [-0.05, 0) is 57.5 Å². The van der Waals surface area contributed by atoms with Gasteiger partial charge in [0.05, 0.1) is 17.3 Å². The Labute approximate surface area is 219 Å². The third-order valence-corrected chi connectivity index (χ3v) is 7.55. The third kappa shape index (κ3) is 4.28. The highest BCUT2D eigenvalue weighted by molar-refractivity contribution is 5.94. The lowest BCUT2D eigenvalue weighted by Gasteiger charge is -2.46. The fourth-order valence-corrected chi connectivity index (χ4v) is 5.59. The number of likely N-dealkylation sites (tertiary alicyclic amines) is 1. The van der Waals surface area contributed by atoms with Crippen molar-refractivity contribution in [2.45, 2.75) is 39.3 Å². The molecule has 38 heavy (non-hydrogen) atoms. The second kappa shape index (κ2) is 9.43. The summed E-state index contributed by atoms with van der Waals surface area (Å²) in [5.41, 5.74) is 2.42. The van der Waals surface area contributed by atoms with Gasteiger partial charge in [0.2, 0.25) is 5.95 Å². The molecule has 196 valence electrons. The van der Waals surface area contributed by atoms with Crippen molar-refractivity contribution in [3.05, 3.63) is 65.6 Å². The van der Waals surface area contributed by atoms with E-state index in [1.807, 2.05) is 30.2 Å². The van der Waals surface area contributed by atoms with Crippen molar-refractivity contribution in [2.24, 2.45) is 5.92 Å². The van der Waals surface area contributed by atoms with E-state index >= 15 is 4.39 Å². The number of hydrogen-bond donors (Lipinski definition) is 2. The van der Waals surface area contributed by atoms with Crippen LogP contribution in [0.3, 0.4) is 0 Å². The van der Waals surface area contributed by atoms with Gasteiger partial charge < -0.3 is 20.1 Å². The molecule has 1 aromatic carbocycles. The van der Waals surface area contributed by atoms with Gasteiger partial charge in [-0.25, -0.2) is 23.7 Å². The van der Waals surface area contributed by atoms with Crippen LogP contribution >= 0.6 is 0 Å². The molecule has 0 aliphatic carbocycles. The number of nitrogens with zero attached hydrogens (tertiary/aromatic N) is 5.